The summed E-state index contributed by atoms with van der Waals surface area (Å²) in [4.78, 5) is 0. The van der Waals surface area contributed by atoms with E-state index in [0.29, 0.717) is 13.0 Å². The Hall–Kier alpha value is -0.130. The van der Waals surface area contributed by atoms with Crippen molar-refractivity contribution in [2.45, 2.75) is 32.3 Å². The topological polar surface area (TPSA) is 69.4 Å². The fourth-order valence-corrected chi connectivity index (χ4v) is 1.27. The summed E-state index contributed by atoms with van der Waals surface area (Å²) in [5.74, 6) is 0. The molecule has 0 spiro atoms. The van der Waals surface area contributed by atoms with E-state index in [2.05, 4.69) is 4.18 Å². The minimum atomic E-state index is -2.75. The van der Waals surface area contributed by atoms with Crippen molar-refractivity contribution in [1.29, 1.82) is 0 Å². The van der Waals surface area contributed by atoms with E-state index in [0.717, 1.165) is 6.42 Å². The summed E-state index contributed by atoms with van der Waals surface area (Å²) in [6, 6.07) is 0. The normalized spacial score (nSPS) is 12.4. The third-order valence-electron chi connectivity index (χ3n) is 1.30. The van der Waals surface area contributed by atoms with Gasteiger partial charge < -0.3 is 5.73 Å². The molecule has 0 amide bonds. The molecule has 0 aromatic heterocycles. The summed E-state index contributed by atoms with van der Waals surface area (Å²) in [6.45, 7) is 4.02. The van der Waals surface area contributed by atoms with Crippen molar-refractivity contribution in [2.24, 2.45) is 5.73 Å². The van der Waals surface area contributed by atoms with Crippen LogP contribution < -0.4 is 5.73 Å². The lowest BCUT2D eigenvalue weighted by molar-refractivity contribution is 0.113. The van der Waals surface area contributed by atoms with Crippen LogP contribution in [0, 0.1) is 0 Å². The first kappa shape index (κ1) is 10.9. The van der Waals surface area contributed by atoms with Gasteiger partial charge >= 0.3 is 0 Å². The van der Waals surface area contributed by atoms with Gasteiger partial charge in [-0.2, -0.15) is 0 Å². The lowest BCUT2D eigenvalue weighted by Gasteiger charge is -2.20. The molecule has 5 heteroatoms. The lowest BCUT2D eigenvalue weighted by Crippen LogP contribution is -2.24. The van der Waals surface area contributed by atoms with E-state index in [4.69, 9.17) is 5.73 Å². The van der Waals surface area contributed by atoms with Crippen molar-refractivity contribution in [2.75, 3.05) is 6.54 Å². The first-order chi connectivity index (χ1) is 4.98. The zero-order chi connectivity index (χ0) is 8.91. The molecule has 0 bridgehead atoms. The number of rotatable bonds is 5. The van der Waals surface area contributed by atoms with Gasteiger partial charge in [-0.3, -0.25) is 4.18 Å². The Bertz CT molecular complexity index is 169. The molecule has 68 valence electrons. The summed E-state index contributed by atoms with van der Waals surface area (Å²) in [6.07, 6.45) is 1.43. The van der Waals surface area contributed by atoms with Gasteiger partial charge in [0.1, 0.15) is 0 Å². The van der Waals surface area contributed by atoms with Crippen LogP contribution in [0.25, 0.3) is 0 Å². The molecule has 4 nitrogen and oxygen atoms in total. The Kier molecular flexibility index (Phi) is 4.63. The highest BCUT2D eigenvalue weighted by molar-refractivity contribution is 7.67. The standard InChI is InChI=1S/C6H15NO3S/c1-6(2,4-3-5-7)10-11(8)9/h11H,3-5,7H2,1-2H3. The SMILES string of the molecule is CC(C)(CCCN)O[SH](=O)=O. The maximum atomic E-state index is 10.2. The quantitative estimate of drug-likeness (QED) is 0.588. The highest BCUT2D eigenvalue weighted by Crippen LogP contribution is 2.15. The monoisotopic (exact) mass is 181 g/mol. The van der Waals surface area contributed by atoms with Crippen molar-refractivity contribution in [3.63, 3.8) is 0 Å². The van der Waals surface area contributed by atoms with Crippen molar-refractivity contribution < 1.29 is 12.6 Å². The van der Waals surface area contributed by atoms with Crippen molar-refractivity contribution in [1.82, 2.24) is 0 Å². The third-order valence-corrected chi connectivity index (χ3v) is 1.95. The van der Waals surface area contributed by atoms with Crippen molar-refractivity contribution in [3.05, 3.63) is 0 Å². The molecule has 0 aliphatic rings. The maximum absolute atomic E-state index is 10.2. The summed E-state index contributed by atoms with van der Waals surface area (Å²) in [5.41, 5.74) is 4.66. The number of thiol groups is 1. The fraction of sp³-hybridized carbons (Fsp3) is 1.00. The fourth-order valence-electron chi connectivity index (χ4n) is 0.775. The van der Waals surface area contributed by atoms with E-state index in [-0.39, 0.29) is 0 Å². The predicted octanol–water partition coefficient (Wildman–Crippen LogP) is 0.0469. The molecule has 0 aromatic carbocycles. The van der Waals surface area contributed by atoms with Gasteiger partial charge in [0.2, 0.25) is 0 Å². The molecule has 2 N–H and O–H groups in total. The molecule has 0 aliphatic carbocycles. The summed E-state index contributed by atoms with van der Waals surface area (Å²) < 4.78 is 25.0. The molecule has 0 saturated carbocycles. The van der Waals surface area contributed by atoms with E-state index >= 15 is 0 Å². The molecule has 0 rings (SSSR count). The van der Waals surface area contributed by atoms with Crippen LogP contribution in [0.15, 0.2) is 0 Å². The van der Waals surface area contributed by atoms with E-state index in [9.17, 15) is 8.42 Å². The highest BCUT2D eigenvalue weighted by atomic mass is 32.2. The van der Waals surface area contributed by atoms with E-state index in [1.165, 1.54) is 0 Å². The summed E-state index contributed by atoms with van der Waals surface area (Å²) >= 11 is 0. The van der Waals surface area contributed by atoms with Crippen LogP contribution in [0.5, 0.6) is 0 Å². The molecule has 0 radical (unpaired) electrons. The van der Waals surface area contributed by atoms with Crippen molar-refractivity contribution >= 4 is 11.0 Å². The highest BCUT2D eigenvalue weighted by Gasteiger charge is 2.18. The largest absolute Gasteiger partial charge is 0.330 e. The number of hydrogen-bond acceptors (Lipinski definition) is 4. The van der Waals surface area contributed by atoms with Crippen LogP contribution in [-0.4, -0.2) is 20.6 Å². The Morgan fingerprint density at radius 3 is 2.36 bits per heavy atom. The molecule has 0 fully saturated rings. The molecule has 0 aromatic rings. The summed E-state index contributed by atoms with van der Waals surface area (Å²) in [7, 11) is -2.75. The van der Waals surface area contributed by atoms with Gasteiger partial charge in [-0.15, -0.1) is 0 Å². The number of nitrogens with two attached hydrogens (primary N) is 1. The van der Waals surface area contributed by atoms with Crippen LogP contribution in [0.2, 0.25) is 0 Å². The van der Waals surface area contributed by atoms with Crippen LogP contribution in [0.4, 0.5) is 0 Å². The maximum Gasteiger partial charge on any atom is 0.257 e. The molecule has 11 heavy (non-hydrogen) atoms. The number of hydrogen-bond donors (Lipinski definition) is 2. The Labute approximate surface area is 68.9 Å². The Morgan fingerprint density at radius 1 is 1.45 bits per heavy atom. The molecule has 0 atom stereocenters. The van der Waals surface area contributed by atoms with Crippen LogP contribution in [-0.2, 0) is 15.2 Å². The predicted molar refractivity (Wildman–Crippen MR) is 43.8 cm³/mol. The second-order valence-electron chi connectivity index (χ2n) is 2.97. The van der Waals surface area contributed by atoms with Crippen LogP contribution in [0.3, 0.4) is 0 Å². The van der Waals surface area contributed by atoms with Crippen molar-refractivity contribution in [3.8, 4) is 0 Å². The third kappa shape index (κ3) is 6.28. The second kappa shape index (κ2) is 4.69. The van der Waals surface area contributed by atoms with Gasteiger partial charge in [0, 0.05) is 0 Å². The molecular formula is C6H15NO3S. The first-order valence-electron chi connectivity index (χ1n) is 3.51. The van der Waals surface area contributed by atoms with E-state index in [1.807, 2.05) is 0 Å². The first-order valence-corrected chi connectivity index (χ1v) is 4.61. The van der Waals surface area contributed by atoms with Gasteiger partial charge in [-0.05, 0) is 33.2 Å². The molecule has 0 saturated heterocycles. The molecular weight excluding hydrogens is 166 g/mol. The minimum Gasteiger partial charge on any atom is -0.330 e. The van der Waals surface area contributed by atoms with Gasteiger partial charge in [0.05, 0.1) is 5.60 Å². The molecule has 0 unspecified atom stereocenters. The summed E-state index contributed by atoms with van der Waals surface area (Å²) in [5, 5.41) is 0. The van der Waals surface area contributed by atoms with Gasteiger partial charge in [-0.25, -0.2) is 8.42 Å². The van der Waals surface area contributed by atoms with Gasteiger partial charge in [0.15, 0.2) is 0 Å². The lowest BCUT2D eigenvalue weighted by atomic mass is 10.0. The van der Waals surface area contributed by atoms with E-state index < -0.39 is 16.6 Å². The van der Waals surface area contributed by atoms with Crippen LogP contribution in [0.1, 0.15) is 26.7 Å². The smallest absolute Gasteiger partial charge is 0.257 e. The zero-order valence-corrected chi connectivity index (χ0v) is 7.77. The molecule has 0 heterocycles. The van der Waals surface area contributed by atoms with Crippen LogP contribution >= 0.6 is 0 Å². The average molecular weight is 181 g/mol. The van der Waals surface area contributed by atoms with Gasteiger partial charge in [0.25, 0.3) is 11.0 Å². The second-order valence-corrected chi connectivity index (χ2v) is 3.60. The van der Waals surface area contributed by atoms with Gasteiger partial charge in [-0.1, -0.05) is 0 Å². The van der Waals surface area contributed by atoms with E-state index in [1.54, 1.807) is 13.8 Å². The molecule has 0 aliphatic heterocycles. The Morgan fingerprint density at radius 2 is 2.00 bits per heavy atom. The minimum absolute atomic E-state index is 0.558. The zero-order valence-electron chi connectivity index (χ0n) is 6.87. The average Bonchev–Trinajstić information content (AvgIpc) is 1.81. The Balaban J connectivity index is 3.79.